The van der Waals surface area contributed by atoms with Crippen molar-refractivity contribution in [3.05, 3.63) is 40.5 Å². The number of fused-ring (bicyclic) bond motifs is 1. The summed E-state index contributed by atoms with van der Waals surface area (Å²) in [5.41, 5.74) is 8.19. The zero-order chi connectivity index (χ0) is 13.2. The van der Waals surface area contributed by atoms with E-state index in [0.717, 1.165) is 18.6 Å². The van der Waals surface area contributed by atoms with Gasteiger partial charge in [-0.05, 0) is 42.9 Å². The minimum Gasteiger partial charge on any atom is -0.439 e. The molecule has 1 heterocycles. The van der Waals surface area contributed by atoms with Crippen LogP contribution in [-0.4, -0.2) is 9.97 Å². The van der Waals surface area contributed by atoms with E-state index >= 15 is 0 Å². The van der Waals surface area contributed by atoms with Gasteiger partial charge >= 0.3 is 0 Å². The summed E-state index contributed by atoms with van der Waals surface area (Å²) >= 11 is 5.85. The first kappa shape index (κ1) is 12.2. The van der Waals surface area contributed by atoms with Gasteiger partial charge in [-0.15, -0.1) is 0 Å². The predicted molar refractivity (Wildman–Crippen MR) is 74.6 cm³/mol. The highest BCUT2D eigenvalue weighted by Gasteiger charge is 2.15. The van der Waals surface area contributed by atoms with E-state index in [1.807, 2.05) is 12.1 Å². The first-order valence-corrected chi connectivity index (χ1v) is 6.69. The summed E-state index contributed by atoms with van der Waals surface area (Å²) in [5.74, 6) is 1.34. The Morgan fingerprint density at radius 2 is 2.00 bits per heavy atom. The quantitative estimate of drug-likeness (QED) is 0.854. The van der Waals surface area contributed by atoms with Crippen LogP contribution in [-0.2, 0) is 12.8 Å². The van der Waals surface area contributed by atoms with E-state index in [1.54, 1.807) is 6.07 Å². The Kier molecular flexibility index (Phi) is 3.25. The van der Waals surface area contributed by atoms with Gasteiger partial charge < -0.3 is 10.5 Å². The minimum absolute atomic E-state index is 0.118. The molecule has 2 N–H and O–H groups in total. The number of nitrogens with zero attached hydrogens (tertiary/aromatic N) is 2. The first-order chi connectivity index (χ1) is 9.22. The third-order valence-electron chi connectivity index (χ3n) is 3.26. The first-order valence-electron chi connectivity index (χ1n) is 6.31. The van der Waals surface area contributed by atoms with Crippen molar-refractivity contribution in [3.63, 3.8) is 0 Å². The Balaban J connectivity index is 1.95. The van der Waals surface area contributed by atoms with E-state index in [4.69, 9.17) is 22.1 Å². The molecule has 0 fully saturated rings. The van der Waals surface area contributed by atoms with Gasteiger partial charge in [0.1, 0.15) is 10.9 Å². The summed E-state index contributed by atoms with van der Waals surface area (Å²) in [6.07, 6.45) is 4.59. The number of halogens is 1. The summed E-state index contributed by atoms with van der Waals surface area (Å²) in [5, 5.41) is 0.285. The summed E-state index contributed by atoms with van der Waals surface area (Å²) < 4.78 is 5.82. The fourth-order valence-corrected chi connectivity index (χ4v) is 2.60. The SMILES string of the molecule is Nc1nc(Cl)cc(Oc2cccc3c2CCCC3)n1. The van der Waals surface area contributed by atoms with Gasteiger partial charge in [0, 0.05) is 6.07 Å². The van der Waals surface area contributed by atoms with Crippen LogP contribution in [0.5, 0.6) is 11.6 Å². The molecule has 1 aliphatic rings. The van der Waals surface area contributed by atoms with E-state index in [0.29, 0.717) is 5.88 Å². The molecule has 0 radical (unpaired) electrons. The number of benzene rings is 1. The third-order valence-corrected chi connectivity index (χ3v) is 3.45. The fraction of sp³-hybridized carbons (Fsp3) is 0.286. The van der Waals surface area contributed by atoms with Crippen LogP contribution in [0.15, 0.2) is 24.3 Å². The number of ether oxygens (including phenoxy) is 1. The average Bonchev–Trinajstić information content (AvgIpc) is 2.38. The van der Waals surface area contributed by atoms with Gasteiger partial charge in [0.05, 0.1) is 0 Å². The molecule has 3 rings (SSSR count). The molecule has 5 heteroatoms. The molecule has 0 saturated carbocycles. The Morgan fingerprint density at radius 3 is 2.84 bits per heavy atom. The molecule has 19 heavy (non-hydrogen) atoms. The Hall–Kier alpha value is -1.81. The smallest absolute Gasteiger partial charge is 0.225 e. The number of hydrogen-bond acceptors (Lipinski definition) is 4. The monoisotopic (exact) mass is 275 g/mol. The Bertz CT molecular complexity index is 595. The molecule has 0 bridgehead atoms. The summed E-state index contributed by atoms with van der Waals surface area (Å²) in [4.78, 5) is 7.85. The number of hydrogen-bond donors (Lipinski definition) is 1. The highest BCUT2D eigenvalue weighted by Crippen LogP contribution is 2.32. The standard InChI is InChI=1S/C14H14ClN3O/c15-12-8-13(18-14(16)17-12)19-11-7-3-5-9-4-1-2-6-10(9)11/h3,5,7-8H,1-2,4,6H2,(H2,16,17,18). The predicted octanol–water partition coefficient (Wildman–Crippen LogP) is 3.38. The van der Waals surface area contributed by atoms with Crippen LogP contribution in [0.4, 0.5) is 5.95 Å². The van der Waals surface area contributed by atoms with Crippen molar-refractivity contribution < 1.29 is 4.74 Å². The van der Waals surface area contributed by atoms with E-state index in [9.17, 15) is 0 Å². The van der Waals surface area contributed by atoms with Crippen molar-refractivity contribution in [2.75, 3.05) is 5.73 Å². The molecule has 98 valence electrons. The van der Waals surface area contributed by atoms with Crippen molar-refractivity contribution in [1.29, 1.82) is 0 Å². The number of aromatic nitrogens is 2. The van der Waals surface area contributed by atoms with Crippen molar-refractivity contribution in [2.24, 2.45) is 0 Å². The van der Waals surface area contributed by atoms with Crippen LogP contribution in [0.2, 0.25) is 5.15 Å². The second-order valence-electron chi connectivity index (χ2n) is 4.59. The van der Waals surface area contributed by atoms with Gasteiger partial charge in [0.15, 0.2) is 0 Å². The van der Waals surface area contributed by atoms with Crippen molar-refractivity contribution >= 4 is 17.5 Å². The summed E-state index contributed by atoms with van der Waals surface area (Å²) in [6.45, 7) is 0. The zero-order valence-corrected chi connectivity index (χ0v) is 11.2. The molecule has 0 unspecified atom stereocenters. The molecule has 1 aliphatic carbocycles. The maximum atomic E-state index is 5.85. The van der Waals surface area contributed by atoms with E-state index < -0.39 is 0 Å². The van der Waals surface area contributed by atoms with Crippen molar-refractivity contribution in [3.8, 4) is 11.6 Å². The Labute approximate surface area is 116 Å². The lowest BCUT2D eigenvalue weighted by Crippen LogP contribution is -2.05. The summed E-state index contributed by atoms with van der Waals surface area (Å²) in [6, 6.07) is 7.69. The zero-order valence-electron chi connectivity index (χ0n) is 10.4. The van der Waals surface area contributed by atoms with Gasteiger partial charge in [0.2, 0.25) is 11.8 Å². The molecule has 0 atom stereocenters. The molecule has 0 spiro atoms. The number of nitrogen functional groups attached to an aromatic ring is 1. The van der Waals surface area contributed by atoms with Crippen LogP contribution in [0.1, 0.15) is 24.0 Å². The topological polar surface area (TPSA) is 61.0 Å². The van der Waals surface area contributed by atoms with Crippen LogP contribution < -0.4 is 10.5 Å². The molecular weight excluding hydrogens is 262 g/mol. The number of aryl methyl sites for hydroxylation is 1. The summed E-state index contributed by atoms with van der Waals surface area (Å²) in [7, 11) is 0. The van der Waals surface area contributed by atoms with E-state index in [2.05, 4.69) is 16.0 Å². The second kappa shape index (κ2) is 5.05. The van der Waals surface area contributed by atoms with Crippen molar-refractivity contribution in [2.45, 2.75) is 25.7 Å². The van der Waals surface area contributed by atoms with Crippen molar-refractivity contribution in [1.82, 2.24) is 9.97 Å². The largest absolute Gasteiger partial charge is 0.439 e. The molecule has 1 aromatic carbocycles. The van der Waals surface area contributed by atoms with Gasteiger partial charge in [-0.3, -0.25) is 0 Å². The lowest BCUT2D eigenvalue weighted by Gasteiger charge is -2.18. The lowest BCUT2D eigenvalue weighted by atomic mass is 9.91. The highest BCUT2D eigenvalue weighted by atomic mass is 35.5. The molecule has 1 aromatic heterocycles. The Morgan fingerprint density at radius 1 is 1.16 bits per heavy atom. The average molecular weight is 276 g/mol. The van der Waals surface area contributed by atoms with Gasteiger partial charge in [-0.25, -0.2) is 4.98 Å². The number of anilines is 1. The van der Waals surface area contributed by atoms with Crippen LogP contribution in [0.3, 0.4) is 0 Å². The molecule has 0 aliphatic heterocycles. The second-order valence-corrected chi connectivity index (χ2v) is 4.98. The molecule has 2 aromatic rings. The number of rotatable bonds is 2. The number of nitrogens with two attached hydrogens (primary N) is 1. The van der Waals surface area contributed by atoms with Crippen LogP contribution in [0, 0.1) is 0 Å². The van der Waals surface area contributed by atoms with E-state index in [1.165, 1.54) is 24.0 Å². The van der Waals surface area contributed by atoms with Gasteiger partial charge in [-0.2, -0.15) is 4.98 Å². The molecule has 0 saturated heterocycles. The van der Waals surface area contributed by atoms with Crippen LogP contribution in [0.25, 0.3) is 0 Å². The molecule has 4 nitrogen and oxygen atoms in total. The fourth-order valence-electron chi connectivity index (χ4n) is 2.42. The lowest BCUT2D eigenvalue weighted by molar-refractivity contribution is 0.452. The normalized spacial score (nSPS) is 13.9. The van der Waals surface area contributed by atoms with Gasteiger partial charge in [0.25, 0.3) is 0 Å². The maximum Gasteiger partial charge on any atom is 0.225 e. The van der Waals surface area contributed by atoms with Gasteiger partial charge in [-0.1, -0.05) is 23.7 Å². The van der Waals surface area contributed by atoms with E-state index in [-0.39, 0.29) is 11.1 Å². The highest BCUT2D eigenvalue weighted by molar-refractivity contribution is 6.29. The molecule has 0 amide bonds. The third kappa shape index (κ3) is 2.63. The molecular formula is C14H14ClN3O. The maximum absolute atomic E-state index is 5.85. The van der Waals surface area contributed by atoms with Crippen LogP contribution >= 0.6 is 11.6 Å². The minimum atomic E-state index is 0.118.